The number of nitrogens with one attached hydrogen (secondary N) is 1. The monoisotopic (exact) mass is 262 g/mol. The van der Waals surface area contributed by atoms with Gasteiger partial charge in [0.15, 0.2) is 0 Å². The third-order valence-electron chi connectivity index (χ3n) is 4.00. The summed E-state index contributed by atoms with van der Waals surface area (Å²) in [6.07, 6.45) is 5.63. The fourth-order valence-corrected chi connectivity index (χ4v) is 3.11. The molecule has 3 heteroatoms. The van der Waals surface area contributed by atoms with Crippen molar-refractivity contribution in [2.24, 2.45) is 0 Å². The fourth-order valence-electron chi connectivity index (χ4n) is 3.11. The predicted molar refractivity (Wildman–Crippen MR) is 78.5 cm³/mol. The number of nitrogens with zero attached hydrogens (tertiary/aromatic N) is 1. The maximum absolute atomic E-state index is 5.84. The molecule has 1 aliphatic rings. The Bertz CT molecular complexity index is 394. The van der Waals surface area contributed by atoms with Crippen LogP contribution in [0.25, 0.3) is 0 Å². The topological polar surface area (TPSA) is 34.1 Å². The molecule has 1 aliphatic carbocycles. The van der Waals surface area contributed by atoms with Gasteiger partial charge in [-0.1, -0.05) is 13.0 Å². The average Bonchev–Trinajstić information content (AvgIpc) is 2.84. The number of rotatable bonds is 7. The molecular weight excluding hydrogens is 236 g/mol. The minimum atomic E-state index is 0.231. The van der Waals surface area contributed by atoms with E-state index in [0.29, 0.717) is 12.0 Å². The Morgan fingerprint density at radius 2 is 2.32 bits per heavy atom. The zero-order valence-electron chi connectivity index (χ0n) is 12.4. The third-order valence-corrected chi connectivity index (χ3v) is 4.00. The molecule has 0 saturated heterocycles. The molecule has 0 spiro atoms. The summed E-state index contributed by atoms with van der Waals surface area (Å²) < 4.78 is 5.84. The second-order valence-corrected chi connectivity index (χ2v) is 5.33. The average molecular weight is 262 g/mol. The molecule has 0 bridgehead atoms. The molecule has 0 saturated carbocycles. The smallest absolute Gasteiger partial charge is 0.0706 e. The molecule has 106 valence electrons. The number of pyridine rings is 1. The van der Waals surface area contributed by atoms with Crippen molar-refractivity contribution in [3.8, 4) is 0 Å². The molecule has 0 aliphatic heterocycles. The van der Waals surface area contributed by atoms with Crippen LogP contribution in [0.4, 0.5) is 0 Å². The second kappa shape index (κ2) is 7.01. The molecule has 0 radical (unpaired) electrons. The molecule has 1 heterocycles. The van der Waals surface area contributed by atoms with Crippen LogP contribution in [0.3, 0.4) is 0 Å². The van der Waals surface area contributed by atoms with Crippen molar-refractivity contribution < 1.29 is 4.74 Å². The van der Waals surface area contributed by atoms with Crippen LogP contribution in [0, 0.1) is 0 Å². The first kappa shape index (κ1) is 14.5. The summed E-state index contributed by atoms with van der Waals surface area (Å²) in [6, 6.07) is 4.63. The second-order valence-electron chi connectivity index (χ2n) is 5.33. The molecule has 19 heavy (non-hydrogen) atoms. The van der Waals surface area contributed by atoms with Crippen LogP contribution in [-0.2, 0) is 11.2 Å². The Kier molecular flexibility index (Phi) is 5.34. The highest BCUT2D eigenvalue weighted by Crippen LogP contribution is 2.35. The van der Waals surface area contributed by atoms with Gasteiger partial charge in [-0.3, -0.25) is 4.98 Å². The lowest BCUT2D eigenvalue weighted by atomic mass is 9.92. The van der Waals surface area contributed by atoms with Crippen LogP contribution in [0.1, 0.15) is 50.8 Å². The standard InChI is InChI=1S/C16H26N2O/c1-4-10-17-15(12(3)19-5-2)14-9-8-13-7-6-11-18-16(13)14/h6-7,11-12,14-15,17H,4-5,8-10H2,1-3H3. The van der Waals surface area contributed by atoms with Crippen molar-refractivity contribution in [2.45, 2.75) is 58.1 Å². The lowest BCUT2D eigenvalue weighted by Crippen LogP contribution is -2.44. The normalized spacial score (nSPS) is 21.1. The van der Waals surface area contributed by atoms with Crippen molar-refractivity contribution >= 4 is 0 Å². The van der Waals surface area contributed by atoms with Crippen molar-refractivity contribution in [1.82, 2.24) is 10.3 Å². The first-order valence-corrected chi connectivity index (χ1v) is 7.56. The van der Waals surface area contributed by atoms with E-state index in [1.165, 1.54) is 17.7 Å². The molecule has 0 aromatic carbocycles. The summed E-state index contributed by atoms with van der Waals surface area (Å²) in [5.74, 6) is 0.490. The highest BCUT2D eigenvalue weighted by atomic mass is 16.5. The third kappa shape index (κ3) is 3.34. The van der Waals surface area contributed by atoms with E-state index in [1.54, 1.807) is 0 Å². The fraction of sp³-hybridized carbons (Fsp3) is 0.688. The molecule has 1 N–H and O–H groups in total. The van der Waals surface area contributed by atoms with Gasteiger partial charge in [0.25, 0.3) is 0 Å². The molecule has 1 aromatic heterocycles. The van der Waals surface area contributed by atoms with Crippen LogP contribution in [-0.4, -0.2) is 30.3 Å². The SMILES string of the molecule is CCCNC(C(C)OCC)C1CCc2cccnc21. The van der Waals surface area contributed by atoms with Crippen LogP contribution in [0.2, 0.25) is 0 Å². The molecular formula is C16H26N2O. The molecule has 1 aromatic rings. The van der Waals surface area contributed by atoms with Gasteiger partial charge in [0, 0.05) is 30.5 Å². The number of fused-ring (bicyclic) bond motifs is 1. The Labute approximate surface area is 116 Å². The van der Waals surface area contributed by atoms with Crippen LogP contribution in [0.5, 0.6) is 0 Å². The van der Waals surface area contributed by atoms with Gasteiger partial charge in [-0.15, -0.1) is 0 Å². The summed E-state index contributed by atoms with van der Waals surface area (Å²) >= 11 is 0. The maximum Gasteiger partial charge on any atom is 0.0706 e. The van der Waals surface area contributed by atoms with Crippen molar-refractivity contribution in [3.05, 3.63) is 29.6 Å². The lowest BCUT2D eigenvalue weighted by Gasteiger charge is -2.30. The molecule has 3 atom stereocenters. The van der Waals surface area contributed by atoms with Gasteiger partial charge in [0.05, 0.1) is 6.10 Å². The van der Waals surface area contributed by atoms with Crippen molar-refractivity contribution in [1.29, 1.82) is 0 Å². The number of aryl methyl sites for hydroxylation is 1. The number of aromatic nitrogens is 1. The number of ether oxygens (including phenoxy) is 1. The van der Waals surface area contributed by atoms with E-state index < -0.39 is 0 Å². The van der Waals surface area contributed by atoms with Crippen molar-refractivity contribution in [3.63, 3.8) is 0 Å². The van der Waals surface area contributed by atoms with Gasteiger partial charge >= 0.3 is 0 Å². The minimum absolute atomic E-state index is 0.231. The first-order chi connectivity index (χ1) is 9.27. The van der Waals surface area contributed by atoms with Gasteiger partial charge < -0.3 is 10.1 Å². The van der Waals surface area contributed by atoms with E-state index in [9.17, 15) is 0 Å². The largest absolute Gasteiger partial charge is 0.377 e. The molecule has 0 fully saturated rings. The maximum atomic E-state index is 5.84. The predicted octanol–water partition coefficient (Wildman–Crippen LogP) is 2.90. The zero-order valence-corrected chi connectivity index (χ0v) is 12.4. The first-order valence-electron chi connectivity index (χ1n) is 7.56. The quantitative estimate of drug-likeness (QED) is 0.820. The van der Waals surface area contributed by atoms with E-state index in [4.69, 9.17) is 4.74 Å². The summed E-state index contributed by atoms with van der Waals surface area (Å²) in [4.78, 5) is 4.62. The Balaban J connectivity index is 2.14. The Morgan fingerprint density at radius 1 is 1.47 bits per heavy atom. The molecule has 0 amide bonds. The van der Waals surface area contributed by atoms with Gasteiger partial charge in [-0.2, -0.15) is 0 Å². The molecule has 3 nitrogen and oxygen atoms in total. The summed E-state index contributed by atoms with van der Waals surface area (Å²) in [5.41, 5.74) is 2.70. The van der Waals surface area contributed by atoms with E-state index in [2.05, 4.69) is 37.1 Å². The van der Waals surface area contributed by atoms with E-state index in [-0.39, 0.29) is 6.10 Å². The van der Waals surface area contributed by atoms with E-state index >= 15 is 0 Å². The van der Waals surface area contributed by atoms with Gasteiger partial charge in [-0.05, 0) is 51.3 Å². The Hall–Kier alpha value is -0.930. The van der Waals surface area contributed by atoms with Crippen LogP contribution < -0.4 is 5.32 Å². The highest BCUT2D eigenvalue weighted by molar-refractivity contribution is 5.30. The number of hydrogen-bond donors (Lipinski definition) is 1. The Morgan fingerprint density at radius 3 is 3.05 bits per heavy atom. The summed E-state index contributed by atoms with van der Waals surface area (Å²) in [5, 5.41) is 3.67. The zero-order chi connectivity index (χ0) is 13.7. The van der Waals surface area contributed by atoms with Gasteiger partial charge in [0.1, 0.15) is 0 Å². The van der Waals surface area contributed by atoms with Crippen molar-refractivity contribution in [2.75, 3.05) is 13.2 Å². The van der Waals surface area contributed by atoms with Crippen LogP contribution in [0.15, 0.2) is 18.3 Å². The van der Waals surface area contributed by atoms with Gasteiger partial charge in [-0.25, -0.2) is 0 Å². The van der Waals surface area contributed by atoms with E-state index in [0.717, 1.165) is 26.0 Å². The lowest BCUT2D eigenvalue weighted by molar-refractivity contribution is 0.0394. The molecule has 2 rings (SSSR count). The highest BCUT2D eigenvalue weighted by Gasteiger charge is 2.33. The van der Waals surface area contributed by atoms with E-state index in [1.807, 2.05) is 12.3 Å². The summed E-state index contributed by atoms with van der Waals surface area (Å²) in [7, 11) is 0. The van der Waals surface area contributed by atoms with Gasteiger partial charge in [0.2, 0.25) is 0 Å². The summed E-state index contributed by atoms with van der Waals surface area (Å²) in [6.45, 7) is 8.26. The van der Waals surface area contributed by atoms with Crippen LogP contribution >= 0.6 is 0 Å². The minimum Gasteiger partial charge on any atom is -0.377 e. The number of hydrogen-bond acceptors (Lipinski definition) is 3. The molecule has 3 unspecified atom stereocenters.